The summed E-state index contributed by atoms with van der Waals surface area (Å²) in [5.74, 6) is 0.516. The van der Waals surface area contributed by atoms with Crippen LogP contribution in [0.25, 0.3) is 0 Å². The second kappa shape index (κ2) is 5.32. The average molecular weight is 256 g/mol. The van der Waals surface area contributed by atoms with Crippen molar-refractivity contribution < 1.29 is 8.42 Å². The molecule has 0 aromatic carbocycles. The van der Waals surface area contributed by atoms with Gasteiger partial charge in [0.15, 0.2) is 0 Å². The number of hydrogen-bond donors (Lipinski definition) is 0. The molecule has 86 valence electrons. The van der Waals surface area contributed by atoms with Crippen LogP contribution in [0.5, 0.6) is 0 Å². The summed E-state index contributed by atoms with van der Waals surface area (Å²) >= 11 is 1.30. The summed E-state index contributed by atoms with van der Waals surface area (Å²) in [4.78, 5) is 4.08. The third kappa shape index (κ3) is 3.83. The van der Waals surface area contributed by atoms with Gasteiger partial charge in [0.2, 0.25) is 0 Å². The highest BCUT2D eigenvalue weighted by atomic mass is 32.2. The fourth-order valence-electron chi connectivity index (χ4n) is 1.07. The maximum absolute atomic E-state index is 10.9. The molecule has 0 saturated carbocycles. The van der Waals surface area contributed by atoms with Crippen LogP contribution in [0.15, 0.2) is 17.3 Å². The summed E-state index contributed by atoms with van der Waals surface area (Å²) in [6.45, 7) is 1.83. The van der Waals surface area contributed by atoms with Crippen LogP contribution in [-0.2, 0) is 9.84 Å². The quantitative estimate of drug-likeness (QED) is 0.761. The number of aromatic nitrogens is 1. The van der Waals surface area contributed by atoms with Crippen molar-refractivity contribution in [2.45, 2.75) is 11.9 Å². The lowest BCUT2D eigenvalue weighted by Gasteiger charge is -2.04. The van der Waals surface area contributed by atoms with Crippen molar-refractivity contribution in [1.82, 2.24) is 4.98 Å². The number of rotatable bonds is 4. The largest absolute Gasteiger partial charge is 0.249 e. The molecule has 0 aliphatic heterocycles. The Hall–Kier alpha value is -1.06. The standard InChI is InChI=1S/C10H12N2O2S2/c1-8-3-4-12-10(9(8)7-11)15-5-6-16(2,13)14/h3-4H,5-6H2,1-2H3. The first-order valence-corrected chi connectivity index (χ1v) is 7.65. The van der Waals surface area contributed by atoms with Gasteiger partial charge >= 0.3 is 0 Å². The van der Waals surface area contributed by atoms with Gasteiger partial charge in [0, 0.05) is 18.2 Å². The van der Waals surface area contributed by atoms with Crippen molar-refractivity contribution in [3.63, 3.8) is 0 Å². The van der Waals surface area contributed by atoms with E-state index in [2.05, 4.69) is 11.1 Å². The van der Waals surface area contributed by atoms with E-state index in [4.69, 9.17) is 5.26 Å². The van der Waals surface area contributed by atoms with Crippen molar-refractivity contribution in [1.29, 1.82) is 5.26 Å². The molecular formula is C10H12N2O2S2. The summed E-state index contributed by atoms with van der Waals surface area (Å²) in [5.41, 5.74) is 1.39. The van der Waals surface area contributed by atoms with Crippen molar-refractivity contribution in [3.8, 4) is 6.07 Å². The summed E-state index contributed by atoms with van der Waals surface area (Å²) in [6, 6.07) is 3.84. The van der Waals surface area contributed by atoms with E-state index in [-0.39, 0.29) is 5.75 Å². The number of nitrogens with zero attached hydrogens (tertiary/aromatic N) is 2. The highest BCUT2D eigenvalue weighted by molar-refractivity contribution is 8.00. The molecular weight excluding hydrogens is 244 g/mol. The van der Waals surface area contributed by atoms with Gasteiger partial charge < -0.3 is 0 Å². The van der Waals surface area contributed by atoms with Crippen LogP contribution < -0.4 is 0 Å². The number of pyridine rings is 1. The molecule has 1 aromatic heterocycles. The molecule has 4 nitrogen and oxygen atoms in total. The van der Waals surface area contributed by atoms with Gasteiger partial charge in [-0.3, -0.25) is 0 Å². The number of aryl methyl sites for hydroxylation is 1. The zero-order chi connectivity index (χ0) is 12.2. The van der Waals surface area contributed by atoms with E-state index in [1.54, 1.807) is 12.3 Å². The zero-order valence-electron chi connectivity index (χ0n) is 9.10. The fraction of sp³-hybridized carbons (Fsp3) is 0.400. The van der Waals surface area contributed by atoms with Gasteiger partial charge in [-0.2, -0.15) is 5.26 Å². The second-order valence-electron chi connectivity index (χ2n) is 3.40. The Kier molecular flexibility index (Phi) is 4.33. The smallest absolute Gasteiger partial charge is 0.148 e. The van der Waals surface area contributed by atoms with E-state index in [0.717, 1.165) is 5.56 Å². The van der Waals surface area contributed by atoms with Crippen molar-refractivity contribution in [3.05, 3.63) is 23.4 Å². The molecule has 0 N–H and O–H groups in total. The predicted octanol–water partition coefficient (Wildman–Crippen LogP) is 1.40. The summed E-state index contributed by atoms with van der Waals surface area (Å²) in [6.07, 6.45) is 2.82. The van der Waals surface area contributed by atoms with E-state index >= 15 is 0 Å². The molecule has 6 heteroatoms. The van der Waals surface area contributed by atoms with E-state index in [9.17, 15) is 8.42 Å². The van der Waals surface area contributed by atoms with E-state index < -0.39 is 9.84 Å². The molecule has 0 spiro atoms. The Morgan fingerprint density at radius 2 is 2.25 bits per heavy atom. The van der Waals surface area contributed by atoms with Gasteiger partial charge in [-0.05, 0) is 18.6 Å². The SMILES string of the molecule is Cc1ccnc(SCCS(C)(=O)=O)c1C#N. The highest BCUT2D eigenvalue weighted by Crippen LogP contribution is 2.21. The third-order valence-electron chi connectivity index (χ3n) is 1.93. The van der Waals surface area contributed by atoms with Gasteiger partial charge in [-0.25, -0.2) is 13.4 Å². The van der Waals surface area contributed by atoms with Gasteiger partial charge in [-0.15, -0.1) is 11.8 Å². The zero-order valence-corrected chi connectivity index (χ0v) is 10.7. The minimum Gasteiger partial charge on any atom is -0.249 e. The highest BCUT2D eigenvalue weighted by Gasteiger charge is 2.08. The van der Waals surface area contributed by atoms with Crippen LogP contribution in [0.2, 0.25) is 0 Å². The molecule has 0 amide bonds. The lowest BCUT2D eigenvalue weighted by molar-refractivity contribution is 0.603. The molecule has 0 atom stereocenters. The van der Waals surface area contributed by atoms with Crippen LogP contribution in [0.1, 0.15) is 11.1 Å². The number of sulfone groups is 1. The first-order chi connectivity index (χ1) is 7.44. The predicted molar refractivity (Wildman–Crippen MR) is 64.1 cm³/mol. The minimum absolute atomic E-state index is 0.0954. The maximum Gasteiger partial charge on any atom is 0.148 e. The van der Waals surface area contributed by atoms with Gasteiger partial charge in [0.25, 0.3) is 0 Å². The van der Waals surface area contributed by atoms with E-state index in [0.29, 0.717) is 16.3 Å². The first kappa shape index (κ1) is 13.0. The van der Waals surface area contributed by atoms with Crippen LogP contribution in [0.3, 0.4) is 0 Å². The number of thioether (sulfide) groups is 1. The Balaban J connectivity index is 2.76. The molecule has 1 rings (SSSR count). The summed E-state index contributed by atoms with van der Waals surface area (Å²) in [7, 11) is -2.96. The third-order valence-corrected chi connectivity index (χ3v) is 4.12. The normalized spacial score (nSPS) is 11.1. The minimum atomic E-state index is -2.96. The first-order valence-electron chi connectivity index (χ1n) is 4.60. The van der Waals surface area contributed by atoms with E-state index in [1.807, 2.05) is 6.92 Å². The lowest BCUT2D eigenvalue weighted by atomic mass is 10.2. The van der Waals surface area contributed by atoms with Gasteiger partial charge in [0.1, 0.15) is 20.9 Å². The summed E-state index contributed by atoms with van der Waals surface area (Å²) < 4.78 is 21.9. The molecule has 16 heavy (non-hydrogen) atoms. The van der Waals surface area contributed by atoms with Crippen molar-refractivity contribution in [2.24, 2.45) is 0 Å². The number of hydrogen-bond acceptors (Lipinski definition) is 5. The maximum atomic E-state index is 10.9. The molecule has 1 heterocycles. The van der Waals surface area contributed by atoms with Crippen LogP contribution >= 0.6 is 11.8 Å². The molecule has 0 aliphatic carbocycles. The fourth-order valence-corrected chi connectivity index (χ4v) is 3.29. The van der Waals surface area contributed by atoms with Crippen molar-refractivity contribution in [2.75, 3.05) is 17.8 Å². The van der Waals surface area contributed by atoms with Gasteiger partial charge in [0.05, 0.1) is 11.3 Å². The molecule has 0 aliphatic rings. The molecule has 0 fully saturated rings. The molecule has 0 bridgehead atoms. The molecule has 0 radical (unpaired) electrons. The average Bonchev–Trinajstić information content (AvgIpc) is 2.16. The summed E-state index contributed by atoms with van der Waals surface area (Å²) in [5, 5.41) is 9.54. The van der Waals surface area contributed by atoms with Crippen molar-refractivity contribution >= 4 is 21.6 Å². The molecule has 0 saturated heterocycles. The molecule has 1 aromatic rings. The Morgan fingerprint density at radius 3 is 2.81 bits per heavy atom. The van der Waals surface area contributed by atoms with Crippen LogP contribution in [0.4, 0.5) is 0 Å². The Labute approximate surface area is 99.6 Å². The Morgan fingerprint density at radius 1 is 1.56 bits per heavy atom. The number of nitriles is 1. The second-order valence-corrected chi connectivity index (χ2v) is 6.74. The molecule has 0 unspecified atom stereocenters. The van der Waals surface area contributed by atoms with Crippen LogP contribution in [0, 0.1) is 18.3 Å². The lowest BCUT2D eigenvalue weighted by Crippen LogP contribution is -2.05. The monoisotopic (exact) mass is 256 g/mol. The van der Waals surface area contributed by atoms with E-state index in [1.165, 1.54) is 18.0 Å². The van der Waals surface area contributed by atoms with Gasteiger partial charge in [-0.1, -0.05) is 0 Å². The Bertz CT molecular complexity index is 518. The topological polar surface area (TPSA) is 70.8 Å². The van der Waals surface area contributed by atoms with Crippen LogP contribution in [-0.4, -0.2) is 31.2 Å².